The van der Waals surface area contributed by atoms with Crippen LogP contribution >= 0.6 is 23.2 Å². The minimum atomic E-state index is 0.385. The fourth-order valence-corrected chi connectivity index (χ4v) is 2.72. The molecule has 0 aliphatic carbocycles. The van der Waals surface area contributed by atoms with Gasteiger partial charge in [0.25, 0.3) is 0 Å². The number of benzene rings is 1. The third-order valence-electron chi connectivity index (χ3n) is 3.46. The highest BCUT2D eigenvalue weighted by molar-refractivity contribution is 6.30. The van der Waals surface area contributed by atoms with Crippen molar-refractivity contribution >= 4 is 34.4 Å². The van der Waals surface area contributed by atoms with Crippen molar-refractivity contribution in [3.63, 3.8) is 0 Å². The highest BCUT2D eigenvalue weighted by Crippen LogP contribution is 2.18. The van der Waals surface area contributed by atoms with E-state index in [1.165, 1.54) is 5.56 Å². The van der Waals surface area contributed by atoms with E-state index in [9.17, 15) is 0 Å². The molecule has 0 aliphatic heterocycles. The van der Waals surface area contributed by atoms with Gasteiger partial charge in [0.05, 0.1) is 5.88 Å². The maximum Gasteiger partial charge on any atom is 0.160 e. The Hall–Kier alpha value is -1.58. The number of rotatable bonds is 4. The summed E-state index contributed by atoms with van der Waals surface area (Å²) in [5, 5.41) is 0.755. The fourth-order valence-electron chi connectivity index (χ4n) is 2.39. The average molecular weight is 320 g/mol. The van der Waals surface area contributed by atoms with Gasteiger partial charge >= 0.3 is 0 Å². The van der Waals surface area contributed by atoms with Gasteiger partial charge in [0.2, 0.25) is 0 Å². The van der Waals surface area contributed by atoms with Gasteiger partial charge in [-0.3, -0.25) is 0 Å². The first kappa shape index (κ1) is 14.4. The van der Waals surface area contributed by atoms with Crippen molar-refractivity contribution in [1.29, 1.82) is 0 Å². The van der Waals surface area contributed by atoms with Gasteiger partial charge in [0.15, 0.2) is 5.65 Å². The van der Waals surface area contributed by atoms with Crippen LogP contribution < -0.4 is 0 Å². The standard InChI is InChI=1S/C16H15Cl2N3/c1-11-8-14-16(19-10-11)21(15(9-17)20-14)7-6-12-2-4-13(18)5-3-12/h2-5,8,10H,6-7,9H2,1H3. The number of hydrogen-bond donors (Lipinski definition) is 0. The van der Waals surface area contributed by atoms with E-state index in [-0.39, 0.29) is 0 Å². The van der Waals surface area contributed by atoms with Crippen LogP contribution in [0.3, 0.4) is 0 Å². The number of pyridine rings is 1. The molecule has 5 heteroatoms. The molecule has 0 radical (unpaired) electrons. The highest BCUT2D eigenvalue weighted by Gasteiger charge is 2.11. The zero-order valence-electron chi connectivity index (χ0n) is 11.7. The van der Waals surface area contributed by atoms with E-state index in [1.807, 2.05) is 43.5 Å². The van der Waals surface area contributed by atoms with E-state index < -0.39 is 0 Å². The molecule has 0 aliphatic rings. The second kappa shape index (κ2) is 6.04. The Labute approximate surface area is 133 Å². The maximum absolute atomic E-state index is 6.02. The van der Waals surface area contributed by atoms with Crippen LogP contribution in [0.15, 0.2) is 36.5 Å². The van der Waals surface area contributed by atoms with Crippen LogP contribution in [0.5, 0.6) is 0 Å². The summed E-state index contributed by atoms with van der Waals surface area (Å²) in [4.78, 5) is 9.06. The number of fused-ring (bicyclic) bond motifs is 1. The molecule has 3 aromatic rings. The van der Waals surface area contributed by atoms with Crippen molar-refractivity contribution in [2.45, 2.75) is 25.8 Å². The molecule has 3 nitrogen and oxygen atoms in total. The number of nitrogens with zero attached hydrogens (tertiary/aromatic N) is 3. The molecule has 0 saturated carbocycles. The largest absolute Gasteiger partial charge is 0.311 e. The molecule has 0 N–H and O–H groups in total. The Morgan fingerprint density at radius 2 is 1.95 bits per heavy atom. The summed E-state index contributed by atoms with van der Waals surface area (Å²) in [6.07, 6.45) is 2.75. The monoisotopic (exact) mass is 319 g/mol. The second-order valence-corrected chi connectivity index (χ2v) is 5.75. The van der Waals surface area contributed by atoms with Gasteiger partial charge in [-0.15, -0.1) is 11.6 Å². The molecule has 3 rings (SSSR count). The first-order valence-electron chi connectivity index (χ1n) is 6.79. The van der Waals surface area contributed by atoms with Gasteiger partial charge in [-0.1, -0.05) is 23.7 Å². The molecule has 2 aromatic heterocycles. The predicted molar refractivity (Wildman–Crippen MR) is 87.0 cm³/mol. The SMILES string of the molecule is Cc1cnc2c(c1)nc(CCl)n2CCc1ccc(Cl)cc1. The quantitative estimate of drug-likeness (QED) is 0.668. The lowest BCUT2D eigenvalue weighted by Gasteiger charge is -2.07. The van der Waals surface area contributed by atoms with Gasteiger partial charge < -0.3 is 4.57 Å². The van der Waals surface area contributed by atoms with Crippen molar-refractivity contribution in [1.82, 2.24) is 14.5 Å². The van der Waals surface area contributed by atoms with Gasteiger partial charge in [0.1, 0.15) is 11.3 Å². The third-order valence-corrected chi connectivity index (χ3v) is 3.95. The zero-order valence-corrected chi connectivity index (χ0v) is 13.2. The Morgan fingerprint density at radius 1 is 1.19 bits per heavy atom. The molecule has 1 aromatic carbocycles. The number of aryl methyl sites for hydroxylation is 3. The van der Waals surface area contributed by atoms with Gasteiger partial charge in [-0.25, -0.2) is 9.97 Å². The minimum absolute atomic E-state index is 0.385. The smallest absolute Gasteiger partial charge is 0.160 e. The van der Waals surface area contributed by atoms with E-state index in [2.05, 4.69) is 14.5 Å². The van der Waals surface area contributed by atoms with Crippen LogP contribution in [0.4, 0.5) is 0 Å². The molecule has 0 amide bonds. The summed E-state index contributed by atoms with van der Waals surface area (Å²) < 4.78 is 2.09. The van der Waals surface area contributed by atoms with Gasteiger partial charge in [-0.05, 0) is 42.7 Å². The van der Waals surface area contributed by atoms with Crippen molar-refractivity contribution in [2.75, 3.05) is 0 Å². The number of hydrogen-bond acceptors (Lipinski definition) is 2. The summed E-state index contributed by atoms with van der Waals surface area (Å²) in [6, 6.07) is 9.94. The van der Waals surface area contributed by atoms with E-state index in [4.69, 9.17) is 23.2 Å². The number of halogens is 2. The maximum atomic E-state index is 6.02. The molecule has 0 spiro atoms. The lowest BCUT2D eigenvalue weighted by molar-refractivity contribution is 0.682. The first-order valence-corrected chi connectivity index (χ1v) is 7.71. The predicted octanol–water partition coefficient (Wildman–Crippen LogP) is 4.37. The highest BCUT2D eigenvalue weighted by atomic mass is 35.5. The van der Waals surface area contributed by atoms with Crippen LogP contribution in [-0.2, 0) is 18.8 Å². The summed E-state index contributed by atoms with van der Waals surface area (Å²) in [5.74, 6) is 1.24. The van der Waals surface area contributed by atoms with Crippen molar-refractivity contribution in [2.24, 2.45) is 0 Å². The first-order chi connectivity index (χ1) is 10.2. The summed E-state index contributed by atoms with van der Waals surface area (Å²) in [7, 11) is 0. The number of aromatic nitrogens is 3. The van der Waals surface area contributed by atoms with Crippen LogP contribution in [0.2, 0.25) is 5.02 Å². The molecule has 0 saturated heterocycles. The Kier molecular flexibility index (Phi) is 4.13. The molecule has 108 valence electrons. The van der Waals surface area contributed by atoms with Crippen LogP contribution in [0, 0.1) is 6.92 Å². The normalized spacial score (nSPS) is 11.2. The topological polar surface area (TPSA) is 30.7 Å². The summed E-state index contributed by atoms with van der Waals surface area (Å²) in [6.45, 7) is 2.82. The lowest BCUT2D eigenvalue weighted by Crippen LogP contribution is -2.06. The van der Waals surface area contributed by atoms with E-state index in [1.54, 1.807) is 0 Å². The molecule has 0 fully saturated rings. The average Bonchev–Trinajstić information content (AvgIpc) is 2.83. The molecule has 0 bridgehead atoms. The lowest BCUT2D eigenvalue weighted by atomic mass is 10.1. The third kappa shape index (κ3) is 3.04. The van der Waals surface area contributed by atoms with Gasteiger partial charge in [-0.2, -0.15) is 0 Å². The van der Waals surface area contributed by atoms with E-state index in [0.29, 0.717) is 5.88 Å². The molecular weight excluding hydrogens is 305 g/mol. The van der Waals surface area contributed by atoms with Crippen LogP contribution in [0.1, 0.15) is 17.0 Å². The van der Waals surface area contributed by atoms with E-state index >= 15 is 0 Å². The molecule has 0 atom stereocenters. The minimum Gasteiger partial charge on any atom is -0.311 e. The molecular formula is C16H15Cl2N3. The summed E-state index contributed by atoms with van der Waals surface area (Å²) in [5.41, 5.74) is 4.13. The van der Waals surface area contributed by atoms with Gasteiger partial charge in [0, 0.05) is 17.8 Å². The van der Waals surface area contributed by atoms with Crippen molar-refractivity contribution < 1.29 is 0 Å². The Bertz CT molecular complexity index is 763. The van der Waals surface area contributed by atoms with Crippen molar-refractivity contribution in [3.8, 4) is 0 Å². The summed E-state index contributed by atoms with van der Waals surface area (Å²) >= 11 is 11.9. The van der Waals surface area contributed by atoms with Crippen LogP contribution in [0.25, 0.3) is 11.2 Å². The van der Waals surface area contributed by atoms with Crippen molar-refractivity contribution in [3.05, 3.63) is 58.5 Å². The number of alkyl halides is 1. The molecule has 2 heterocycles. The second-order valence-electron chi connectivity index (χ2n) is 5.05. The molecule has 21 heavy (non-hydrogen) atoms. The zero-order chi connectivity index (χ0) is 14.8. The Morgan fingerprint density at radius 3 is 2.67 bits per heavy atom. The fraction of sp³-hybridized carbons (Fsp3) is 0.250. The number of imidazole rings is 1. The molecule has 0 unspecified atom stereocenters. The Balaban J connectivity index is 1.90. The van der Waals surface area contributed by atoms with Crippen LogP contribution in [-0.4, -0.2) is 14.5 Å². The van der Waals surface area contributed by atoms with E-state index in [0.717, 1.165) is 40.5 Å².